The van der Waals surface area contributed by atoms with Crippen LogP contribution >= 0.6 is 0 Å². The first-order chi connectivity index (χ1) is 9.85. The zero-order valence-corrected chi connectivity index (χ0v) is 12.8. The van der Waals surface area contributed by atoms with Crippen LogP contribution in [0.1, 0.15) is 33.6 Å². The Balaban J connectivity index is 2.38. The first-order valence-electron chi connectivity index (χ1n) is 6.94. The highest BCUT2D eigenvalue weighted by Gasteiger charge is 2.22. The fraction of sp³-hybridized carbons (Fsp3) is 0.467. The topological polar surface area (TPSA) is 99.7 Å². The van der Waals surface area contributed by atoms with Gasteiger partial charge in [-0.2, -0.15) is 0 Å². The van der Waals surface area contributed by atoms with Crippen LogP contribution in [0.3, 0.4) is 0 Å². The summed E-state index contributed by atoms with van der Waals surface area (Å²) in [5.74, 6) is 0.170. The van der Waals surface area contributed by atoms with Crippen LogP contribution in [0.5, 0.6) is 0 Å². The van der Waals surface area contributed by atoms with Crippen molar-refractivity contribution >= 4 is 23.1 Å². The number of rotatable bonds is 7. The average Bonchev–Trinajstić information content (AvgIpc) is 2.43. The van der Waals surface area contributed by atoms with Gasteiger partial charge < -0.3 is 21.6 Å². The Kier molecular flexibility index (Phi) is 6.02. The monoisotopic (exact) mass is 292 g/mol. The normalized spacial score (nSPS) is 12.0. The Bertz CT molecular complexity index is 495. The second-order valence-electron chi connectivity index (χ2n) is 5.66. The highest BCUT2D eigenvalue weighted by Crippen LogP contribution is 2.22. The third-order valence-electron chi connectivity index (χ3n) is 3.31. The molecule has 1 amide bonds. The third kappa shape index (κ3) is 5.72. The molecule has 1 aromatic carbocycles. The van der Waals surface area contributed by atoms with Gasteiger partial charge in [0.15, 0.2) is 0 Å². The number of hydrogen-bond donors (Lipinski definition) is 4. The highest BCUT2D eigenvalue weighted by atomic mass is 16.4. The van der Waals surface area contributed by atoms with Crippen LogP contribution in [0.4, 0.5) is 11.4 Å². The predicted octanol–water partition coefficient (Wildman–Crippen LogP) is 2.61. The Labute approximate surface area is 125 Å². The SMILES string of the molecule is CC(=O)Nc1ccc(NCCCC(C)(C)C(N)=NO)cc1. The molecule has 0 atom stereocenters. The molecule has 0 aliphatic rings. The van der Waals surface area contributed by atoms with Crippen molar-refractivity contribution in [2.45, 2.75) is 33.6 Å². The fourth-order valence-electron chi connectivity index (χ4n) is 1.90. The molecule has 1 aromatic rings. The van der Waals surface area contributed by atoms with Gasteiger partial charge in [0, 0.05) is 30.3 Å². The molecule has 0 aromatic heterocycles. The van der Waals surface area contributed by atoms with Crippen LogP contribution in [0.25, 0.3) is 0 Å². The van der Waals surface area contributed by atoms with Gasteiger partial charge in [0.25, 0.3) is 0 Å². The standard InChI is InChI=1S/C15H24N4O2/c1-11(20)18-13-7-5-12(6-8-13)17-10-4-9-15(2,3)14(16)19-21/h5-8,17,21H,4,9-10H2,1-3H3,(H2,16,19)(H,18,20). The summed E-state index contributed by atoms with van der Waals surface area (Å²) in [5, 5.41) is 17.8. The molecule has 0 heterocycles. The minimum absolute atomic E-state index is 0.0823. The van der Waals surface area contributed by atoms with Crippen molar-refractivity contribution in [1.82, 2.24) is 0 Å². The van der Waals surface area contributed by atoms with Crippen molar-refractivity contribution in [3.05, 3.63) is 24.3 Å². The molecule has 1 rings (SSSR count). The van der Waals surface area contributed by atoms with Crippen LogP contribution in [0.2, 0.25) is 0 Å². The molecule has 0 aliphatic carbocycles. The Morgan fingerprint density at radius 2 is 1.86 bits per heavy atom. The third-order valence-corrected chi connectivity index (χ3v) is 3.31. The highest BCUT2D eigenvalue weighted by molar-refractivity contribution is 5.88. The van der Waals surface area contributed by atoms with Crippen molar-refractivity contribution in [3.63, 3.8) is 0 Å². The predicted molar refractivity (Wildman–Crippen MR) is 85.7 cm³/mol. The number of carbonyl (C=O) groups excluding carboxylic acids is 1. The molecule has 0 saturated heterocycles. The number of anilines is 2. The first kappa shape index (κ1) is 16.8. The van der Waals surface area contributed by atoms with Gasteiger partial charge in [0.1, 0.15) is 5.84 Å². The van der Waals surface area contributed by atoms with Crippen molar-refractivity contribution < 1.29 is 10.0 Å². The lowest BCUT2D eigenvalue weighted by molar-refractivity contribution is -0.114. The summed E-state index contributed by atoms with van der Waals surface area (Å²) in [7, 11) is 0. The van der Waals surface area contributed by atoms with Gasteiger partial charge >= 0.3 is 0 Å². The quantitative estimate of drug-likeness (QED) is 0.204. The molecule has 0 aliphatic heterocycles. The number of nitrogens with two attached hydrogens (primary N) is 1. The van der Waals surface area contributed by atoms with Crippen molar-refractivity contribution in [2.24, 2.45) is 16.3 Å². The lowest BCUT2D eigenvalue weighted by atomic mass is 9.86. The van der Waals surface area contributed by atoms with E-state index in [1.165, 1.54) is 6.92 Å². The summed E-state index contributed by atoms with van der Waals surface area (Å²) < 4.78 is 0. The van der Waals surface area contributed by atoms with Gasteiger partial charge in [-0.3, -0.25) is 4.79 Å². The van der Waals surface area contributed by atoms with E-state index >= 15 is 0 Å². The van der Waals surface area contributed by atoms with Gasteiger partial charge in [-0.1, -0.05) is 19.0 Å². The summed E-state index contributed by atoms with van der Waals surface area (Å²) in [5.41, 5.74) is 7.10. The Morgan fingerprint density at radius 1 is 1.29 bits per heavy atom. The molecule has 116 valence electrons. The minimum Gasteiger partial charge on any atom is -0.409 e. The second-order valence-corrected chi connectivity index (χ2v) is 5.66. The van der Waals surface area contributed by atoms with Crippen LogP contribution in [0, 0.1) is 5.41 Å². The smallest absolute Gasteiger partial charge is 0.221 e. The molecule has 21 heavy (non-hydrogen) atoms. The van der Waals surface area contributed by atoms with E-state index in [0.717, 1.165) is 30.8 Å². The molecular formula is C15H24N4O2. The van der Waals surface area contributed by atoms with Gasteiger partial charge in [-0.15, -0.1) is 0 Å². The molecule has 0 saturated carbocycles. The first-order valence-corrected chi connectivity index (χ1v) is 6.94. The summed E-state index contributed by atoms with van der Waals surface area (Å²) >= 11 is 0. The zero-order chi connectivity index (χ0) is 15.9. The molecule has 0 fully saturated rings. The molecule has 0 unspecified atom stereocenters. The number of carbonyl (C=O) groups is 1. The lowest BCUT2D eigenvalue weighted by Crippen LogP contribution is -2.32. The largest absolute Gasteiger partial charge is 0.409 e. The number of benzene rings is 1. The Morgan fingerprint density at radius 3 is 2.38 bits per heavy atom. The summed E-state index contributed by atoms with van der Waals surface area (Å²) in [6.07, 6.45) is 1.72. The lowest BCUT2D eigenvalue weighted by Gasteiger charge is -2.22. The molecule has 5 N–H and O–H groups in total. The van der Waals surface area contributed by atoms with Crippen LogP contribution in [0.15, 0.2) is 29.4 Å². The minimum atomic E-state index is -0.314. The zero-order valence-electron chi connectivity index (χ0n) is 12.8. The van der Waals surface area contributed by atoms with Gasteiger partial charge in [-0.25, -0.2) is 0 Å². The van der Waals surface area contributed by atoms with Crippen molar-refractivity contribution in [2.75, 3.05) is 17.2 Å². The van der Waals surface area contributed by atoms with E-state index in [4.69, 9.17) is 10.9 Å². The van der Waals surface area contributed by atoms with Crippen LogP contribution < -0.4 is 16.4 Å². The maximum atomic E-state index is 10.9. The van der Waals surface area contributed by atoms with E-state index < -0.39 is 0 Å². The summed E-state index contributed by atoms with van der Waals surface area (Å²) in [4.78, 5) is 10.9. The van der Waals surface area contributed by atoms with Crippen molar-refractivity contribution in [1.29, 1.82) is 0 Å². The van der Waals surface area contributed by atoms with E-state index in [-0.39, 0.29) is 17.2 Å². The van der Waals surface area contributed by atoms with E-state index in [0.29, 0.717) is 0 Å². The van der Waals surface area contributed by atoms with E-state index in [1.54, 1.807) is 0 Å². The number of amides is 1. The summed E-state index contributed by atoms with van der Waals surface area (Å²) in [6, 6.07) is 7.54. The molecule has 0 radical (unpaired) electrons. The van der Waals surface area contributed by atoms with Crippen molar-refractivity contribution in [3.8, 4) is 0 Å². The van der Waals surface area contributed by atoms with Gasteiger partial charge in [0.2, 0.25) is 5.91 Å². The number of hydrogen-bond acceptors (Lipinski definition) is 4. The maximum Gasteiger partial charge on any atom is 0.221 e. The van der Waals surface area contributed by atoms with Crippen LogP contribution in [-0.4, -0.2) is 23.5 Å². The second kappa shape index (κ2) is 7.52. The van der Waals surface area contributed by atoms with Crippen LogP contribution in [-0.2, 0) is 4.79 Å². The van der Waals surface area contributed by atoms with Gasteiger partial charge in [0.05, 0.1) is 0 Å². The van der Waals surface area contributed by atoms with E-state index in [1.807, 2.05) is 38.1 Å². The maximum absolute atomic E-state index is 10.9. The average molecular weight is 292 g/mol. The molecule has 6 heteroatoms. The molecule has 0 bridgehead atoms. The molecule has 0 spiro atoms. The molecule has 6 nitrogen and oxygen atoms in total. The molecular weight excluding hydrogens is 268 g/mol. The van der Waals surface area contributed by atoms with E-state index in [9.17, 15) is 4.79 Å². The summed E-state index contributed by atoms with van der Waals surface area (Å²) in [6.45, 7) is 6.17. The Hall–Kier alpha value is -2.24. The van der Waals surface area contributed by atoms with E-state index in [2.05, 4.69) is 15.8 Å². The number of nitrogens with one attached hydrogen (secondary N) is 2. The number of amidine groups is 1. The van der Waals surface area contributed by atoms with Gasteiger partial charge in [-0.05, 0) is 37.1 Å². The number of nitrogens with zero attached hydrogens (tertiary/aromatic N) is 1. The number of oxime groups is 1. The fourth-order valence-corrected chi connectivity index (χ4v) is 1.90.